The fourth-order valence-electron chi connectivity index (χ4n) is 1.28. The van der Waals surface area contributed by atoms with Crippen LogP contribution in [0, 0.1) is 0 Å². The Morgan fingerprint density at radius 3 is 2.88 bits per heavy atom. The minimum Gasteiger partial charge on any atom is -0.317 e. The predicted octanol–water partition coefficient (Wildman–Crippen LogP) is 0.898. The summed E-state index contributed by atoms with van der Waals surface area (Å²) in [5.74, 6) is 0.708. The van der Waals surface area contributed by atoms with Crippen LogP contribution >= 0.6 is 15.9 Å². The van der Waals surface area contributed by atoms with Gasteiger partial charge in [0.2, 0.25) is 0 Å². The smallest absolute Gasteiger partial charge is 0.293 e. The van der Waals surface area contributed by atoms with Gasteiger partial charge in [0.25, 0.3) is 5.56 Å². The molecule has 2 aromatic rings. The Hall–Kier alpha value is -1.70. The number of aryl methyl sites for hydroxylation is 2. The summed E-state index contributed by atoms with van der Waals surface area (Å²) in [6.07, 6.45) is 3.30. The van der Waals surface area contributed by atoms with Gasteiger partial charge in [0.15, 0.2) is 11.6 Å². The molecule has 1 N–H and O–H groups in total. The summed E-state index contributed by atoms with van der Waals surface area (Å²) < 4.78 is 3.67. The third-order valence-electron chi connectivity index (χ3n) is 2.15. The molecule has 2 heterocycles. The highest BCUT2D eigenvalue weighted by atomic mass is 79.9. The van der Waals surface area contributed by atoms with Gasteiger partial charge in [-0.1, -0.05) is 5.21 Å². The van der Waals surface area contributed by atoms with Gasteiger partial charge in [0.1, 0.15) is 4.60 Å². The van der Waals surface area contributed by atoms with E-state index in [0.717, 1.165) is 6.54 Å². The number of hydrogen-bond acceptors (Lipinski definition) is 5. The van der Waals surface area contributed by atoms with Crippen molar-refractivity contribution in [2.24, 2.45) is 7.05 Å². The lowest BCUT2D eigenvalue weighted by Crippen LogP contribution is -2.21. The first-order chi connectivity index (χ1) is 8.10. The predicted molar refractivity (Wildman–Crippen MR) is 66.2 cm³/mol. The van der Waals surface area contributed by atoms with Crippen LogP contribution in [0.15, 0.2) is 21.8 Å². The van der Waals surface area contributed by atoms with E-state index < -0.39 is 0 Å². The number of anilines is 2. The van der Waals surface area contributed by atoms with Crippen LogP contribution in [0.4, 0.5) is 11.6 Å². The van der Waals surface area contributed by atoms with Gasteiger partial charge in [-0.25, -0.2) is 4.98 Å². The molecule has 90 valence electrons. The molecule has 7 nitrogen and oxygen atoms in total. The molecule has 8 heteroatoms. The zero-order chi connectivity index (χ0) is 12.4. The Kier molecular flexibility index (Phi) is 3.23. The molecule has 0 aromatic carbocycles. The van der Waals surface area contributed by atoms with E-state index >= 15 is 0 Å². The summed E-state index contributed by atoms with van der Waals surface area (Å²) in [6, 6.07) is 0. The largest absolute Gasteiger partial charge is 0.317 e. The summed E-state index contributed by atoms with van der Waals surface area (Å²) in [5, 5.41) is 10.6. The molecule has 0 unspecified atom stereocenters. The normalized spacial score (nSPS) is 10.5. The van der Waals surface area contributed by atoms with E-state index in [2.05, 4.69) is 36.5 Å². The number of nitrogens with one attached hydrogen (secondary N) is 1. The van der Waals surface area contributed by atoms with Crippen molar-refractivity contribution in [2.75, 3.05) is 5.32 Å². The SMILES string of the molecule is CCn1cc(Nc2nc(Br)cn(C)c2=O)nn1. The van der Waals surface area contributed by atoms with E-state index in [0.29, 0.717) is 10.4 Å². The van der Waals surface area contributed by atoms with Crippen molar-refractivity contribution in [3.8, 4) is 0 Å². The molecule has 0 saturated carbocycles. The molecule has 0 amide bonds. The van der Waals surface area contributed by atoms with Gasteiger partial charge in [-0.15, -0.1) is 5.10 Å². The van der Waals surface area contributed by atoms with Crippen LogP contribution in [0.1, 0.15) is 6.92 Å². The molecular formula is C9H11BrN6O. The molecular weight excluding hydrogens is 288 g/mol. The second kappa shape index (κ2) is 4.66. The van der Waals surface area contributed by atoms with Crippen molar-refractivity contribution < 1.29 is 0 Å². The van der Waals surface area contributed by atoms with Crippen LogP contribution in [0.5, 0.6) is 0 Å². The first-order valence-corrected chi connectivity index (χ1v) is 5.79. The average molecular weight is 299 g/mol. The summed E-state index contributed by atoms with van der Waals surface area (Å²) in [6.45, 7) is 2.67. The Morgan fingerprint density at radius 1 is 1.47 bits per heavy atom. The van der Waals surface area contributed by atoms with Crippen molar-refractivity contribution in [3.05, 3.63) is 27.4 Å². The maximum absolute atomic E-state index is 11.8. The molecule has 0 spiro atoms. The summed E-state index contributed by atoms with van der Waals surface area (Å²) >= 11 is 3.23. The third-order valence-corrected chi connectivity index (χ3v) is 2.53. The molecule has 17 heavy (non-hydrogen) atoms. The van der Waals surface area contributed by atoms with Crippen molar-refractivity contribution in [3.63, 3.8) is 0 Å². The van der Waals surface area contributed by atoms with Crippen LogP contribution in [0.3, 0.4) is 0 Å². The third kappa shape index (κ3) is 2.52. The molecule has 0 atom stereocenters. The topological polar surface area (TPSA) is 77.6 Å². The van der Waals surface area contributed by atoms with E-state index in [4.69, 9.17) is 0 Å². The highest BCUT2D eigenvalue weighted by Crippen LogP contribution is 2.10. The molecule has 2 rings (SSSR count). The standard InChI is InChI=1S/C9H11BrN6O/c1-3-16-5-7(13-14-16)12-8-9(17)15(2)4-6(10)11-8/h4-5H,3H2,1-2H3,(H,11,12). The van der Waals surface area contributed by atoms with Gasteiger partial charge in [0.05, 0.1) is 6.20 Å². The molecule has 0 bridgehead atoms. The van der Waals surface area contributed by atoms with Gasteiger partial charge in [-0.05, 0) is 22.9 Å². The lowest BCUT2D eigenvalue weighted by atomic mass is 10.6. The highest BCUT2D eigenvalue weighted by molar-refractivity contribution is 9.10. The Morgan fingerprint density at radius 2 is 2.24 bits per heavy atom. The Balaban J connectivity index is 2.32. The van der Waals surface area contributed by atoms with Crippen molar-refractivity contribution in [1.29, 1.82) is 0 Å². The summed E-state index contributed by atoms with van der Waals surface area (Å²) in [4.78, 5) is 15.8. The van der Waals surface area contributed by atoms with Crippen LogP contribution in [-0.4, -0.2) is 24.5 Å². The molecule has 2 aromatic heterocycles. The molecule has 0 aliphatic heterocycles. The minimum atomic E-state index is -0.223. The lowest BCUT2D eigenvalue weighted by molar-refractivity contribution is 0.627. The molecule has 0 saturated heterocycles. The summed E-state index contributed by atoms with van der Waals surface area (Å²) in [5.41, 5.74) is -0.223. The highest BCUT2D eigenvalue weighted by Gasteiger charge is 2.07. The van der Waals surface area contributed by atoms with Gasteiger partial charge in [-0.3, -0.25) is 9.48 Å². The molecule has 0 fully saturated rings. The monoisotopic (exact) mass is 298 g/mol. The second-order valence-electron chi connectivity index (χ2n) is 3.41. The van der Waals surface area contributed by atoms with Crippen molar-refractivity contribution in [1.82, 2.24) is 24.5 Å². The number of nitrogens with zero attached hydrogens (tertiary/aromatic N) is 5. The molecule has 0 aliphatic carbocycles. The van der Waals surface area contributed by atoms with E-state index in [1.807, 2.05) is 6.92 Å². The number of rotatable bonds is 3. The van der Waals surface area contributed by atoms with E-state index in [-0.39, 0.29) is 11.4 Å². The molecule has 0 aliphatic rings. The number of halogens is 1. The zero-order valence-corrected chi connectivity index (χ0v) is 11.0. The number of hydrogen-bond donors (Lipinski definition) is 1. The Labute approximate surface area is 106 Å². The van der Waals surface area contributed by atoms with E-state index in [1.54, 1.807) is 24.1 Å². The van der Waals surface area contributed by atoms with Crippen LogP contribution in [0.25, 0.3) is 0 Å². The van der Waals surface area contributed by atoms with E-state index in [1.165, 1.54) is 4.57 Å². The summed E-state index contributed by atoms with van der Waals surface area (Å²) in [7, 11) is 1.66. The fourth-order valence-corrected chi connectivity index (χ4v) is 1.77. The maximum Gasteiger partial charge on any atom is 0.293 e. The number of aromatic nitrogens is 5. The van der Waals surface area contributed by atoms with Gasteiger partial charge in [0, 0.05) is 19.8 Å². The van der Waals surface area contributed by atoms with Crippen molar-refractivity contribution >= 4 is 27.6 Å². The minimum absolute atomic E-state index is 0.213. The van der Waals surface area contributed by atoms with Crippen LogP contribution in [0.2, 0.25) is 0 Å². The zero-order valence-electron chi connectivity index (χ0n) is 9.38. The van der Waals surface area contributed by atoms with Crippen molar-refractivity contribution in [2.45, 2.75) is 13.5 Å². The maximum atomic E-state index is 11.8. The van der Waals surface area contributed by atoms with Crippen LogP contribution < -0.4 is 10.9 Å². The van der Waals surface area contributed by atoms with Crippen LogP contribution in [-0.2, 0) is 13.6 Å². The van der Waals surface area contributed by atoms with Gasteiger partial charge in [-0.2, -0.15) is 0 Å². The van der Waals surface area contributed by atoms with E-state index in [9.17, 15) is 4.79 Å². The quantitative estimate of drug-likeness (QED) is 0.911. The lowest BCUT2D eigenvalue weighted by Gasteiger charge is -2.03. The van der Waals surface area contributed by atoms with Gasteiger partial charge >= 0.3 is 0 Å². The molecule has 0 radical (unpaired) electrons. The fraction of sp³-hybridized carbons (Fsp3) is 0.333. The second-order valence-corrected chi connectivity index (χ2v) is 4.23. The first-order valence-electron chi connectivity index (χ1n) is 5.00. The Bertz CT molecular complexity index is 589. The average Bonchev–Trinajstić information content (AvgIpc) is 2.73. The van der Waals surface area contributed by atoms with Gasteiger partial charge < -0.3 is 9.88 Å². The first kappa shape index (κ1) is 11.8.